The molecule has 1 aromatic rings. The van der Waals surface area contributed by atoms with Crippen LogP contribution in [0, 0.1) is 5.92 Å². The fourth-order valence-corrected chi connectivity index (χ4v) is 4.60. The van der Waals surface area contributed by atoms with Crippen molar-refractivity contribution in [1.29, 1.82) is 0 Å². The van der Waals surface area contributed by atoms with Gasteiger partial charge in [-0.25, -0.2) is 13.1 Å². The predicted molar refractivity (Wildman–Crippen MR) is 88.0 cm³/mol. The molecule has 0 amide bonds. The van der Waals surface area contributed by atoms with Crippen LogP contribution in [0.4, 0.5) is 0 Å². The van der Waals surface area contributed by atoms with Gasteiger partial charge in [-0.2, -0.15) is 0 Å². The van der Waals surface area contributed by atoms with Crippen molar-refractivity contribution in [1.82, 2.24) is 10.0 Å². The van der Waals surface area contributed by atoms with Crippen molar-refractivity contribution in [3.05, 3.63) is 16.6 Å². The molecule has 0 aliphatic carbocycles. The second-order valence-electron chi connectivity index (χ2n) is 5.20. The van der Waals surface area contributed by atoms with Crippen LogP contribution in [0.1, 0.15) is 12.8 Å². The lowest BCUT2D eigenvalue weighted by molar-refractivity contribution is 0.353. The summed E-state index contributed by atoms with van der Waals surface area (Å²) in [5, 5.41) is 3.27. The number of rotatable bonds is 6. The van der Waals surface area contributed by atoms with E-state index in [1.165, 1.54) is 20.3 Å². The Balaban J connectivity index is 2.17. The van der Waals surface area contributed by atoms with E-state index in [-0.39, 0.29) is 4.90 Å². The van der Waals surface area contributed by atoms with Crippen molar-refractivity contribution < 1.29 is 17.9 Å². The zero-order valence-electron chi connectivity index (χ0n) is 12.7. The average molecular weight is 393 g/mol. The molecule has 1 heterocycles. The fourth-order valence-electron chi connectivity index (χ4n) is 2.44. The van der Waals surface area contributed by atoms with E-state index in [2.05, 4.69) is 26.0 Å². The highest BCUT2D eigenvalue weighted by Crippen LogP contribution is 2.35. The second kappa shape index (κ2) is 7.63. The van der Waals surface area contributed by atoms with Crippen molar-refractivity contribution in [2.45, 2.75) is 17.7 Å². The minimum absolute atomic E-state index is 0.147. The fraction of sp³-hybridized carbons (Fsp3) is 0.571. The van der Waals surface area contributed by atoms with Gasteiger partial charge >= 0.3 is 0 Å². The summed E-state index contributed by atoms with van der Waals surface area (Å²) in [4.78, 5) is 0.147. The Kier molecular flexibility index (Phi) is 6.08. The summed E-state index contributed by atoms with van der Waals surface area (Å²) in [6.45, 7) is 2.27. The maximum absolute atomic E-state index is 12.5. The highest BCUT2D eigenvalue weighted by Gasteiger charge is 2.23. The number of hydrogen-bond donors (Lipinski definition) is 2. The van der Waals surface area contributed by atoms with Crippen LogP contribution in [0.15, 0.2) is 21.5 Å². The Hall–Kier alpha value is -0.830. The third-order valence-electron chi connectivity index (χ3n) is 3.69. The Morgan fingerprint density at radius 1 is 1.32 bits per heavy atom. The van der Waals surface area contributed by atoms with Gasteiger partial charge in [0.15, 0.2) is 11.5 Å². The number of hydrogen-bond acceptors (Lipinski definition) is 5. The maximum atomic E-state index is 12.5. The molecule has 2 N–H and O–H groups in total. The lowest BCUT2D eigenvalue weighted by Gasteiger charge is -2.23. The van der Waals surface area contributed by atoms with Crippen molar-refractivity contribution in [3.8, 4) is 11.5 Å². The lowest BCUT2D eigenvalue weighted by Crippen LogP contribution is -2.38. The highest BCUT2D eigenvalue weighted by atomic mass is 79.9. The Bertz CT molecular complexity index is 616. The summed E-state index contributed by atoms with van der Waals surface area (Å²) in [6.07, 6.45) is 2.11. The molecule has 1 aliphatic heterocycles. The zero-order valence-corrected chi connectivity index (χ0v) is 15.1. The number of methoxy groups -OCH3 is 2. The van der Waals surface area contributed by atoms with Gasteiger partial charge in [0.25, 0.3) is 0 Å². The summed E-state index contributed by atoms with van der Waals surface area (Å²) in [6, 6.07) is 3.06. The van der Waals surface area contributed by atoms with Crippen molar-refractivity contribution >= 4 is 26.0 Å². The molecule has 1 saturated heterocycles. The van der Waals surface area contributed by atoms with Gasteiger partial charge < -0.3 is 14.8 Å². The van der Waals surface area contributed by atoms with Gasteiger partial charge in [0, 0.05) is 17.1 Å². The molecule has 1 aromatic carbocycles. The van der Waals surface area contributed by atoms with E-state index in [0.717, 1.165) is 25.9 Å². The number of piperidine rings is 1. The first-order chi connectivity index (χ1) is 10.5. The standard InChI is InChI=1S/C14H21BrN2O4S/c1-20-12-6-11(15)14(7-13(12)21-2)22(18,19)17-9-10-4-3-5-16-8-10/h6-7,10,16-17H,3-5,8-9H2,1-2H3. The molecule has 0 aromatic heterocycles. The minimum atomic E-state index is -3.61. The first-order valence-corrected chi connectivity index (χ1v) is 9.37. The first-order valence-electron chi connectivity index (χ1n) is 7.10. The molecule has 8 heteroatoms. The largest absolute Gasteiger partial charge is 0.493 e. The van der Waals surface area contributed by atoms with Gasteiger partial charge in [-0.05, 0) is 53.8 Å². The number of ether oxygens (including phenoxy) is 2. The molecule has 124 valence electrons. The molecule has 0 bridgehead atoms. The topological polar surface area (TPSA) is 76.7 Å². The van der Waals surface area contributed by atoms with E-state index in [0.29, 0.717) is 28.4 Å². The number of nitrogens with one attached hydrogen (secondary N) is 2. The quantitative estimate of drug-likeness (QED) is 0.770. The van der Waals surface area contributed by atoms with Crippen molar-refractivity contribution in [2.75, 3.05) is 33.9 Å². The number of halogens is 1. The van der Waals surface area contributed by atoms with Crippen molar-refractivity contribution in [2.24, 2.45) is 5.92 Å². The van der Waals surface area contributed by atoms with Gasteiger partial charge in [-0.15, -0.1) is 0 Å². The molecule has 1 aliphatic rings. The molecule has 1 unspecified atom stereocenters. The molecular formula is C14H21BrN2O4S. The van der Waals surface area contributed by atoms with Gasteiger partial charge in [0.05, 0.1) is 14.2 Å². The lowest BCUT2D eigenvalue weighted by atomic mass is 10.0. The molecule has 1 atom stereocenters. The molecule has 1 fully saturated rings. The van der Waals surface area contributed by atoms with E-state index < -0.39 is 10.0 Å². The van der Waals surface area contributed by atoms with Crippen LogP contribution >= 0.6 is 15.9 Å². The molecule has 2 rings (SSSR count). The van der Waals surface area contributed by atoms with Crippen LogP contribution in [0.2, 0.25) is 0 Å². The van der Waals surface area contributed by atoms with Crippen LogP contribution < -0.4 is 19.5 Å². The molecule has 0 spiro atoms. The summed E-state index contributed by atoms with van der Waals surface area (Å²) >= 11 is 3.29. The van der Waals surface area contributed by atoms with Crippen LogP contribution in [0.5, 0.6) is 11.5 Å². The Morgan fingerprint density at radius 2 is 2.00 bits per heavy atom. The molecule has 22 heavy (non-hydrogen) atoms. The Morgan fingerprint density at radius 3 is 2.59 bits per heavy atom. The monoisotopic (exact) mass is 392 g/mol. The van der Waals surface area contributed by atoms with Gasteiger partial charge in [0.1, 0.15) is 4.90 Å². The predicted octanol–water partition coefficient (Wildman–Crippen LogP) is 1.74. The Labute approximate surface area is 139 Å². The van der Waals surface area contributed by atoms with Gasteiger partial charge in [0.2, 0.25) is 10.0 Å². The van der Waals surface area contributed by atoms with Crippen LogP contribution in [-0.4, -0.2) is 42.3 Å². The smallest absolute Gasteiger partial charge is 0.241 e. The summed E-state index contributed by atoms with van der Waals surface area (Å²) < 4.78 is 38.5. The summed E-state index contributed by atoms with van der Waals surface area (Å²) in [5.41, 5.74) is 0. The second-order valence-corrected chi connectivity index (χ2v) is 7.79. The SMILES string of the molecule is COc1cc(Br)c(S(=O)(=O)NCC2CCCNC2)cc1OC. The van der Waals surface area contributed by atoms with E-state index in [4.69, 9.17) is 9.47 Å². The highest BCUT2D eigenvalue weighted by molar-refractivity contribution is 9.10. The van der Waals surface area contributed by atoms with Crippen LogP contribution in [0.3, 0.4) is 0 Å². The van der Waals surface area contributed by atoms with E-state index in [9.17, 15) is 8.42 Å². The summed E-state index contributed by atoms with van der Waals surface area (Å²) in [5.74, 6) is 1.18. The minimum Gasteiger partial charge on any atom is -0.493 e. The first kappa shape index (κ1) is 17.5. The van der Waals surface area contributed by atoms with Gasteiger partial charge in [-0.3, -0.25) is 0 Å². The molecular weight excluding hydrogens is 372 g/mol. The normalized spacial score (nSPS) is 19.0. The van der Waals surface area contributed by atoms with Gasteiger partial charge in [-0.1, -0.05) is 0 Å². The van der Waals surface area contributed by atoms with E-state index >= 15 is 0 Å². The van der Waals surface area contributed by atoms with E-state index in [1.807, 2.05) is 0 Å². The molecule has 6 nitrogen and oxygen atoms in total. The number of sulfonamides is 1. The molecule has 0 radical (unpaired) electrons. The third-order valence-corrected chi connectivity index (χ3v) is 6.07. The van der Waals surface area contributed by atoms with Crippen molar-refractivity contribution in [3.63, 3.8) is 0 Å². The average Bonchev–Trinajstić information content (AvgIpc) is 2.53. The van der Waals surface area contributed by atoms with Crippen LogP contribution in [0.25, 0.3) is 0 Å². The summed E-state index contributed by atoms with van der Waals surface area (Å²) in [7, 11) is -0.626. The molecule has 0 saturated carbocycles. The third kappa shape index (κ3) is 4.13. The van der Waals surface area contributed by atoms with Crippen LogP contribution in [-0.2, 0) is 10.0 Å². The van der Waals surface area contributed by atoms with E-state index in [1.54, 1.807) is 6.07 Å². The zero-order chi connectivity index (χ0) is 16.2. The number of benzene rings is 1. The maximum Gasteiger partial charge on any atom is 0.241 e.